The Labute approximate surface area is 171 Å². The Bertz CT molecular complexity index is 847. The van der Waals surface area contributed by atoms with E-state index in [1.165, 1.54) is 10.6 Å². The zero-order chi connectivity index (χ0) is 20.2. The van der Waals surface area contributed by atoms with E-state index in [0.717, 1.165) is 37.4 Å². The van der Waals surface area contributed by atoms with Crippen LogP contribution in [0.1, 0.15) is 17.5 Å². The smallest absolute Gasteiger partial charge is 0.247 e. The first kappa shape index (κ1) is 19.6. The molecular weight excluding hydrogens is 366 g/mol. The molecule has 0 N–H and O–H groups in total. The summed E-state index contributed by atoms with van der Waals surface area (Å²) in [6, 6.07) is 17.7. The van der Waals surface area contributed by atoms with Crippen LogP contribution in [0.3, 0.4) is 0 Å². The van der Waals surface area contributed by atoms with Crippen molar-refractivity contribution in [2.45, 2.75) is 25.6 Å². The number of anilines is 1. The van der Waals surface area contributed by atoms with Gasteiger partial charge in [0.05, 0.1) is 32.2 Å². The van der Waals surface area contributed by atoms with Crippen LogP contribution in [-0.4, -0.2) is 61.0 Å². The fourth-order valence-electron chi connectivity index (χ4n) is 3.97. The van der Waals surface area contributed by atoms with E-state index in [2.05, 4.69) is 29.2 Å². The SMILES string of the molecule is CN(Cc1ccc(N2CCOCC2)cc1)[C@@H]1CC(=O)N(Cc2ccccc2)C1=O. The highest BCUT2D eigenvalue weighted by atomic mass is 16.5. The second-order valence-electron chi connectivity index (χ2n) is 7.70. The van der Waals surface area contributed by atoms with Crippen molar-refractivity contribution in [2.24, 2.45) is 0 Å². The summed E-state index contributed by atoms with van der Waals surface area (Å²) in [5.74, 6) is -0.204. The molecule has 2 aliphatic heterocycles. The maximum Gasteiger partial charge on any atom is 0.247 e. The van der Waals surface area contributed by atoms with E-state index in [1.807, 2.05) is 42.3 Å². The summed E-state index contributed by atoms with van der Waals surface area (Å²) in [4.78, 5) is 31.0. The molecule has 0 spiro atoms. The number of carbonyl (C=O) groups is 2. The number of likely N-dealkylation sites (N-methyl/N-ethyl adjacent to an activating group) is 1. The number of imide groups is 1. The minimum atomic E-state index is -0.398. The average molecular weight is 393 g/mol. The molecule has 4 rings (SSSR count). The van der Waals surface area contributed by atoms with Crippen LogP contribution < -0.4 is 4.90 Å². The summed E-state index contributed by atoms with van der Waals surface area (Å²) in [6.07, 6.45) is 0.244. The van der Waals surface area contributed by atoms with Gasteiger partial charge in [-0.05, 0) is 30.3 Å². The fourth-order valence-corrected chi connectivity index (χ4v) is 3.97. The fraction of sp³-hybridized carbons (Fsp3) is 0.391. The molecule has 0 saturated carbocycles. The summed E-state index contributed by atoms with van der Waals surface area (Å²) in [6.45, 7) is 4.33. The van der Waals surface area contributed by atoms with Crippen molar-refractivity contribution in [1.82, 2.24) is 9.80 Å². The van der Waals surface area contributed by atoms with Crippen LogP contribution in [0.4, 0.5) is 5.69 Å². The molecule has 0 aliphatic carbocycles. The normalized spacial score (nSPS) is 20.0. The highest BCUT2D eigenvalue weighted by molar-refractivity contribution is 6.05. The van der Waals surface area contributed by atoms with Gasteiger partial charge < -0.3 is 9.64 Å². The molecule has 0 unspecified atom stereocenters. The van der Waals surface area contributed by atoms with Crippen molar-refractivity contribution in [3.05, 3.63) is 65.7 Å². The molecule has 2 aliphatic rings. The second-order valence-corrected chi connectivity index (χ2v) is 7.70. The predicted molar refractivity (Wildman–Crippen MR) is 111 cm³/mol. The Morgan fingerprint density at radius 1 is 0.966 bits per heavy atom. The van der Waals surface area contributed by atoms with Gasteiger partial charge in [-0.25, -0.2) is 0 Å². The first-order valence-electron chi connectivity index (χ1n) is 10.1. The first-order chi connectivity index (χ1) is 14.1. The number of morpholine rings is 1. The third-order valence-corrected chi connectivity index (χ3v) is 5.68. The molecule has 2 heterocycles. The predicted octanol–water partition coefficient (Wildman–Crippen LogP) is 2.28. The van der Waals surface area contributed by atoms with Crippen LogP contribution in [0.25, 0.3) is 0 Å². The Kier molecular flexibility index (Phi) is 5.92. The number of carbonyl (C=O) groups excluding carboxylic acids is 2. The van der Waals surface area contributed by atoms with E-state index in [1.54, 1.807) is 0 Å². The Morgan fingerprint density at radius 2 is 1.66 bits per heavy atom. The van der Waals surface area contributed by atoms with Crippen LogP contribution >= 0.6 is 0 Å². The van der Waals surface area contributed by atoms with Crippen molar-refractivity contribution in [2.75, 3.05) is 38.3 Å². The molecule has 0 radical (unpaired) electrons. The lowest BCUT2D eigenvalue weighted by Crippen LogP contribution is -2.39. The summed E-state index contributed by atoms with van der Waals surface area (Å²) >= 11 is 0. The highest BCUT2D eigenvalue weighted by Gasteiger charge is 2.40. The number of rotatable bonds is 6. The number of amides is 2. The van der Waals surface area contributed by atoms with E-state index in [4.69, 9.17) is 4.74 Å². The van der Waals surface area contributed by atoms with Crippen LogP contribution in [0.2, 0.25) is 0 Å². The van der Waals surface area contributed by atoms with Gasteiger partial charge in [-0.15, -0.1) is 0 Å². The summed E-state index contributed by atoms with van der Waals surface area (Å²) < 4.78 is 5.41. The lowest BCUT2D eigenvalue weighted by Gasteiger charge is -2.29. The van der Waals surface area contributed by atoms with Crippen molar-refractivity contribution < 1.29 is 14.3 Å². The zero-order valence-corrected chi connectivity index (χ0v) is 16.8. The number of ether oxygens (including phenoxy) is 1. The van der Waals surface area contributed by atoms with Gasteiger partial charge in [0, 0.05) is 25.3 Å². The van der Waals surface area contributed by atoms with Crippen molar-refractivity contribution in [1.29, 1.82) is 0 Å². The third-order valence-electron chi connectivity index (χ3n) is 5.68. The topological polar surface area (TPSA) is 53.1 Å². The average Bonchev–Trinajstić information content (AvgIpc) is 3.04. The summed E-state index contributed by atoms with van der Waals surface area (Å²) in [7, 11) is 1.91. The van der Waals surface area contributed by atoms with Crippen LogP contribution in [0.15, 0.2) is 54.6 Å². The van der Waals surface area contributed by atoms with E-state index < -0.39 is 6.04 Å². The largest absolute Gasteiger partial charge is 0.378 e. The van der Waals surface area contributed by atoms with E-state index in [9.17, 15) is 9.59 Å². The standard InChI is InChI=1S/C23H27N3O3/c1-24(16-19-7-9-20(10-8-19)25-11-13-29-14-12-25)21-15-22(27)26(23(21)28)17-18-5-3-2-4-6-18/h2-10,21H,11-17H2,1H3/t21-/m1/s1. The Balaban J connectivity index is 1.37. The quantitative estimate of drug-likeness (QED) is 0.705. The second kappa shape index (κ2) is 8.76. The number of nitrogens with zero attached hydrogens (tertiary/aromatic N) is 3. The molecule has 6 nitrogen and oxygen atoms in total. The van der Waals surface area contributed by atoms with Gasteiger partial charge in [-0.1, -0.05) is 42.5 Å². The number of likely N-dealkylation sites (tertiary alicyclic amines) is 1. The molecule has 2 saturated heterocycles. The van der Waals surface area contributed by atoms with Gasteiger partial charge >= 0.3 is 0 Å². The maximum absolute atomic E-state index is 12.9. The van der Waals surface area contributed by atoms with Gasteiger partial charge in [-0.3, -0.25) is 19.4 Å². The van der Waals surface area contributed by atoms with E-state index in [-0.39, 0.29) is 18.2 Å². The maximum atomic E-state index is 12.9. The third kappa shape index (κ3) is 4.49. The van der Waals surface area contributed by atoms with E-state index >= 15 is 0 Å². The molecule has 2 aromatic carbocycles. The monoisotopic (exact) mass is 393 g/mol. The van der Waals surface area contributed by atoms with Gasteiger partial charge in [0.2, 0.25) is 11.8 Å². The number of benzene rings is 2. The van der Waals surface area contributed by atoms with Crippen molar-refractivity contribution in [3.8, 4) is 0 Å². The van der Waals surface area contributed by atoms with Crippen LogP contribution in [-0.2, 0) is 27.4 Å². The summed E-state index contributed by atoms with van der Waals surface area (Å²) in [5, 5.41) is 0. The van der Waals surface area contributed by atoms with Crippen LogP contribution in [0.5, 0.6) is 0 Å². The van der Waals surface area contributed by atoms with Crippen molar-refractivity contribution >= 4 is 17.5 Å². The molecule has 2 aromatic rings. The molecule has 29 heavy (non-hydrogen) atoms. The van der Waals surface area contributed by atoms with Crippen molar-refractivity contribution in [3.63, 3.8) is 0 Å². The number of hydrogen-bond donors (Lipinski definition) is 0. The lowest BCUT2D eigenvalue weighted by molar-refractivity contribution is -0.140. The minimum absolute atomic E-state index is 0.0987. The zero-order valence-electron chi connectivity index (χ0n) is 16.8. The number of hydrogen-bond acceptors (Lipinski definition) is 5. The first-order valence-corrected chi connectivity index (χ1v) is 10.1. The molecule has 6 heteroatoms. The molecule has 1 atom stereocenters. The lowest BCUT2D eigenvalue weighted by atomic mass is 10.1. The van der Waals surface area contributed by atoms with Crippen LogP contribution in [0, 0.1) is 0 Å². The molecule has 2 fully saturated rings. The molecule has 0 aromatic heterocycles. The van der Waals surface area contributed by atoms with Gasteiger partial charge in [0.15, 0.2) is 0 Å². The molecule has 152 valence electrons. The Morgan fingerprint density at radius 3 is 2.34 bits per heavy atom. The van der Waals surface area contributed by atoms with Gasteiger partial charge in [-0.2, -0.15) is 0 Å². The minimum Gasteiger partial charge on any atom is -0.378 e. The highest BCUT2D eigenvalue weighted by Crippen LogP contribution is 2.23. The molecule has 2 amide bonds. The summed E-state index contributed by atoms with van der Waals surface area (Å²) in [5.41, 5.74) is 3.29. The Hall–Kier alpha value is -2.70. The van der Waals surface area contributed by atoms with E-state index in [0.29, 0.717) is 13.1 Å². The van der Waals surface area contributed by atoms with Gasteiger partial charge in [0.1, 0.15) is 0 Å². The molecular formula is C23H27N3O3. The van der Waals surface area contributed by atoms with Gasteiger partial charge in [0.25, 0.3) is 0 Å². The molecule has 0 bridgehead atoms.